The molecule has 3 amide bonds. The van der Waals surface area contributed by atoms with Crippen LogP contribution in [0, 0.1) is 0 Å². The Morgan fingerprint density at radius 2 is 2.12 bits per heavy atom. The van der Waals surface area contributed by atoms with Gasteiger partial charge in [0.15, 0.2) is 6.23 Å². The molecule has 32 heavy (non-hydrogen) atoms. The van der Waals surface area contributed by atoms with E-state index < -0.39 is 6.23 Å². The fourth-order valence-corrected chi connectivity index (χ4v) is 4.02. The zero-order chi connectivity index (χ0) is 22.5. The molecule has 2 aromatic rings. The van der Waals surface area contributed by atoms with E-state index in [-0.39, 0.29) is 17.9 Å². The number of carbonyl (C=O) groups excluding carboxylic acids is 2. The van der Waals surface area contributed by atoms with Crippen LogP contribution in [0.2, 0.25) is 0 Å². The van der Waals surface area contributed by atoms with Gasteiger partial charge in [0, 0.05) is 36.2 Å². The average Bonchev–Trinajstić information content (AvgIpc) is 3.08. The minimum absolute atomic E-state index is 0.0231. The largest absolute Gasteiger partial charge is 0.470 e. The van der Waals surface area contributed by atoms with E-state index in [0.29, 0.717) is 36.7 Å². The zero-order valence-corrected chi connectivity index (χ0v) is 18.6. The molecule has 3 N–H and O–H groups in total. The van der Waals surface area contributed by atoms with Gasteiger partial charge in [-0.15, -0.1) is 0 Å². The molecular formula is C24H30N4O4. The van der Waals surface area contributed by atoms with Crippen molar-refractivity contribution in [3.8, 4) is 17.2 Å². The van der Waals surface area contributed by atoms with Crippen LogP contribution < -0.4 is 25.4 Å². The van der Waals surface area contributed by atoms with Crippen molar-refractivity contribution < 1.29 is 19.1 Å². The van der Waals surface area contributed by atoms with Crippen molar-refractivity contribution in [1.82, 2.24) is 15.6 Å². The molecule has 0 fully saturated rings. The van der Waals surface area contributed by atoms with Crippen LogP contribution >= 0.6 is 0 Å². The van der Waals surface area contributed by atoms with Crippen molar-refractivity contribution in [2.45, 2.75) is 64.5 Å². The number of nitrogens with one attached hydrogen (secondary N) is 3. The third kappa shape index (κ3) is 4.95. The van der Waals surface area contributed by atoms with E-state index in [0.717, 1.165) is 29.7 Å². The molecule has 3 heterocycles. The van der Waals surface area contributed by atoms with Crippen LogP contribution in [0.4, 0.5) is 10.6 Å². The SMILES string of the molecule is CCCCCCNC(=O)N[C@@H]1Oc2ccc(Oc3ccnc4c3CCC(=O)N4)cc2[C@@H]1C. The Hall–Kier alpha value is -3.29. The molecule has 0 radical (unpaired) electrons. The second kappa shape index (κ2) is 9.89. The van der Waals surface area contributed by atoms with Crippen LogP contribution in [0.5, 0.6) is 17.2 Å². The lowest BCUT2D eigenvalue weighted by Crippen LogP contribution is -2.45. The lowest BCUT2D eigenvalue weighted by Gasteiger charge is -2.19. The van der Waals surface area contributed by atoms with Crippen LogP contribution in [-0.2, 0) is 11.2 Å². The topological polar surface area (TPSA) is 102 Å². The van der Waals surface area contributed by atoms with Gasteiger partial charge in [-0.25, -0.2) is 9.78 Å². The van der Waals surface area contributed by atoms with Gasteiger partial charge in [0.05, 0.1) is 0 Å². The van der Waals surface area contributed by atoms with Crippen LogP contribution in [-0.4, -0.2) is 29.7 Å². The minimum atomic E-state index is -0.431. The molecule has 1 aromatic heterocycles. The summed E-state index contributed by atoms with van der Waals surface area (Å²) in [5, 5.41) is 8.61. The Morgan fingerprint density at radius 3 is 2.97 bits per heavy atom. The summed E-state index contributed by atoms with van der Waals surface area (Å²) in [5.74, 6) is 2.59. The van der Waals surface area contributed by atoms with E-state index in [1.807, 2.05) is 25.1 Å². The lowest BCUT2D eigenvalue weighted by molar-refractivity contribution is -0.116. The molecule has 2 aliphatic heterocycles. The van der Waals surface area contributed by atoms with E-state index in [2.05, 4.69) is 27.9 Å². The number of carbonyl (C=O) groups is 2. The third-order valence-corrected chi connectivity index (χ3v) is 5.87. The maximum Gasteiger partial charge on any atom is 0.317 e. The van der Waals surface area contributed by atoms with Crippen molar-refractivity contribution in [3.05, 3.63) is 41.6 Å². The average molecular weight is 439 g/mol. The monoisotopic (exact) mass is 438 g/mol. The van der Waals surface area contributed by atoms with Crippen LogP contribution in [0.15, 0.2) is 30.5 Å². The quantitative estimate of drug-likeness (QED) is 0.528. The number of amides is 3. The van der Waals surface area contributed by atoms with E-state index in [4.69, 9.17) is 9.47 Å². The molecule has 0 aliphatic carbocycles. The molecule has 8 heteroatoms. The van der Waals surface area contributed by atoms with Crippen LogP contribution in [0.1, 0.15) is 63.0 Å². The highest BCUT2D eigenvalue weighted by Crippen LogP contribution is 2.41. The second-order valence-electron chi connectivity index (χ2n) is 8.27. The Bertz CT molecular complexity index is 994. The first kappa shape index (κ1) is 21.9. The summed E-state index contributed by atoms with van der Waals surface area (Å²) in [5.41, 5.74) is 1.87. The molecule has 0 spiro atoms. The summed E-state index contributed by atoms with van der Waals surface area (Å²) in [7, 11) is 0. The first-order valence-electron chi connectivity index (χ1n) is 11.4. The number of hydrogen-bond donors (Lipinski definition) is 3. The van der Waals surface area contributed by atoms with Crippen molar-refractivity contribution in [3.63, 3.8) is 0 Å². The van der Waals surface area contributed by atoms with E-state index in [1.165, 1.54) is 12.8 Å². The number of fused-ring (bicyclic) bond motifs is 2. The van der Waals surface area contributed by atoms with Gasteiger partial charge < -0.3 is 25.4 Å². The minimum Gasteiger partial charge on any atom is -0.470 e. The number of pyridine rings is 1. The lowest BCUT2D eigenvalue weighted by atomic mass is 10.0. The molecule has 2 atom stereocenters. The predicted octanol–water partition coefficient (Wildman–Crippen LogP) is 4.46. The van der Waals surface area contributed by atoms with Gasteiger partial charge in [-0.05, 0) is 37.1 Å². The zero-order valence-electron chi connectivity index (χ0n) is 18.6. The van der Waals surface area contributed by atoms with E-state index in [9.17, 15) is 9.59 Å². The van der Waals surface area contributed by atoms with Crippen molar-refractivity contribution in [1.29, 1.82) is 0 Å². The molecule has 170 valence electrons. The molecule has 8 nitrogen and oxygen atoms in total. The molecule has 0 saturated carbocycles. The molecule has 2 aliphatic rings. The summed E-state index contributed by atoms with van der Waals surface area (Å²) in [6.07, 6.45) is 6.65. The van der Waals surface area contributed by atoms with Gasteiger partial charge in [0.1, 0.15) is 23.1 Å². The number of urea groups is 1. The Kier molecular flexibility index (Phi) is 6.78. The second-order valence-corrected chi connectivity index (χ2v) is 8.27. The Labute approximate surface area is 188 Å². The number of nitrogens with zero attached hydrogens (tertiary/aromatic N) is 1. The van der Waals surface area contributed by atoms with Gasteiger partial charge in [-0.2, -0.15) is 0 Å². The summed E-state index contributed by atoms with van der Waals surface area (Å²) in [6.45, 7) is 4.84. The first-order valence-corrected chi connectivity index (χ1v) is 11.4. The fraction of sp³-hybridized carbons (Fsp3) is 0.458. The number of rotatable bonds is 8. The van der Waals surface area contributed by atoms with Crippen molar-refractivity contribution in [2.24, 2.45) is 0 Å². The van der Waals surface area contributed by atoms with E-state index in [1.54, 1.807) is 12.3 Å². The number of benzene rings is 1. The molecule has 0 saturated heterocycles. The maximum atomic E-state index is 12.2. The highest BCUT2D eigenvalue weighted by Gasteiger charge is 2.32. The van der Waals surface area contributed by atoms with Crippen LogP contribution in [0.25, 0.3) is 0 Å². The smallest absolute Gasteiger partial charge is 0.317 e. The molecular weight excluding hydrogens is 408 g/mol. The first-order chi connectivity index (χ1) is 15.5. The Morgan fingerprint density at radius 1 is 1.25 bits per heavy atom. The molecule has 0 bridgehead atoms. The van der Waals surface area contributed by atoms with Crippen molar-refractivity contribution in [2.75, 3.05) is 11.9 Å². The molecule has 1 aromatic carbocycles. The fourth-order valence-electron chi connectivity index (χ4n) is 4.02. The summed E-state index contributed by atoms with van der Waals surface area (Å²) >= 11 is 0. The molecule has 4 rings (SSSR count). The standard InChI is InChI=1S/C24H30N4O4/c1-3-4-5-6-12-26-24(30)28-23-15(2)18-14-16(7-9-19(18)32-23)31-20-11-13-25-22-17(20)8-10-21(29)27-22/h7,9,11,13-15,23H,3-6,8,10,12H2,1-2H3,(H,25,27,29)(H2,26,28,30)/t15-,23+/m0/s1. The number of aromatic nitrogens is 1. The Balaban J connectivity index is 1.38. The van der Waals surface area contributed by atoms with Gasteiger partial charge in [0.25, 0.3) is 0 Å². The number of ether oxygens (including phenoxy) is 2. The van der Waals surface area contributed by atoms with Gasteiger partial charge >= 0.3 is 6.03 Å². The van der Waals surface area contributed by atoms with Gasteiger partial charge in [0.2, 0.25) is 5.91 Å². The highest BCUT2D eigenvalue weighted by atomic mass is 16.5. The highest BCUT2D eigenvalue weighted by molar-refractivity contribution is 5.93. The summed E-state index contributed by atoms with van der Waals surface area (Å²) < 4.78 is 12.1. The summed E-state index contributed by atoms with van der Waals surface area (Å²) in [6, 6.07) is 7.24. The number of anilines is 1. The van der Waals surface area contributed by atoms with Gasteiger partial charge in [-0.1, -0.05) is 33.1 Å². The molecule has 0 unspecified atom stereocenters. The third-order valence-electron chi connectivity index (χ3n) is 5.87. The van der Waals surface area contributed by atoms with Crippen LogP contribution in [0.3, 0.4) is 0 Å². The maximum absolute atomic E-state index is 12.2. The van der Waals surface area contributed by atoms with Gasteiger partial charge in [-0.3, -0.25) is 4.79 Å². The predicted molar refractivity (Wildman–Crippen MR) is 121 cm³/mol. The van der Waals surface area contributed by atoms with Crippen molar-refractivity contribution >= 4 is 17.8 Å². The van der Waals surface area contributed by atoms with E-state index >= 15 is 0 Å². The summed E-state index contributed by atoms with van der Waals surface area (Å²) in [4.78, 5) is 28.1. The number of unbranched alkanes of at least 4 members (excludes halogenated alkanes) is 3. The normalized spacial score (nSPS) is 18.8. The number of hydrogen-bond acceptors (Lipinski definition) is 5.